The van der Waals surface area contributed by atoms with Crippen LogP contribution in [0.4, 0.5) is 11.9 Å². The molecule has 4 N–H and O–H groups in total. The van der Waals surface area contributed by atoms with Gasteiger partial charge in [-0.05, 0) is 13.3 Å². The fourth-order valence-electron chi connectivity index (χ4n) is 1.03. The number of nitrogens with one attached hydrogen (secondary N) is 1. The van der Waals surface area contributed by atoms with Gasteiger partial charge in [-0.15, -0.1) is 0 Å². The molecule has 7 heteroatoms. The Morgan fingerprint density at radius 2 is 2.12 bits per heavy atom. The first-order valence-electron chi connectivity index (χ1n) is 4.97. The van der Waals surface area contributed by atoms with E-state index in [1.165, 1.54) is 7.11 Å². The molecule has 0 saturated carbocycles. The van der Waals surface area contributed by atoms with E-state index < -0.39 is 5.54 Å². The van der Waals surface area contributed by atoms with Crippen molar-refractivity contribution < 1.29 is 9.84 Å². The molecule has 0 bridgehead atoms. The fourth-order valence-corrected chi connectivity index (χ4v) is 1.03. The van der Waals surface area contributed by atoms with Gasteiger partial charge >= 0.3 is 6.01 Å². The highest BCUT2D eigenvalue weighted by Gasteiger charge is 2.22. The monoisotopic (exact) mass is 227 g/mol. The summed E-state index contributed by atoms with van der Waals surface area (Å²) in [7, 11) is 1.45. The summed E-state index contributed by atoms with van der Waals surface area (Å²) >= 11 is 0. The summed E-state index contributed by atoms with van der Waals surface area (Å²) in [4.78, 5) is 11.7. The maximum absolute atomic E-state index is 9.25. The molecule has 90 valence electrons. The number of aliphatic hydroxyl groups excluding tert-OH is 1. The van der Waals surface area contributed by atoms with Crippen LogP contribution < -0.4 is 15.8 Å². The molecule has 1 unspecified atom stereocenters. The largest absolute Gasteiger partial charge is 0.467 e. The molecule has 0 aromatic carbocycles. The third-order valence-corrected chi connectivity index (χ3v) is 2.36. The van der Waals surface area contributed by atoms with E-state index in [0.29, 0.717) is 5.95 Å². The number of hydrogen-bond acceptors (Lipinski definition) is 7. The van der Waals surface area contributed by atoms with Crippen molar-refractivity contribution in [2.75, 3.05) is 24.8 Å². The first-order chi connectivity index (χ1) is 7.53. The zero-order valence-corrected chi connectivity index (χ0v) is 9.69. The normalized spacial score (nSPS) is 14.2. The van der Waals surface area contributed by atoms with E-state index in [2.05, 4.69) is 20.3 Å². The number of nitrogen functional groups attached to an aromatic ring is 1. The van der Waals surface area contributed by atoms with Crippen molar-refractivity contribution in [3.05, 3.63) is 0 Å². The van der Waals surface area contributed by atoms with Crippen LogP contribution in [0.3, 0.4) is 0 Å². The molecular weight excluding hydrogens is 210 g/mol. The van der Waals surface area contributed by atoms with Gasteiger partial charge in [0, 0.05) is 0 Å². The molecular formula is C9H17N5O2. The van der Waals surface area contributed by atoms with Gasteiger partial charge < -0.3 is 20.9 Å². The van der Waals surface area contributed by atoms with E-state index in [-0.39, 0.29) is 18.6 Å². The van der Waals surface area contributed by atoms with Gasteiger partial charge in [0.05, 0.1) is 19.3 Å². The summed E-state index contributed by atoms with van der Waals surface area (Å²) in [5.74, 6) is 0.369. The van der Waals surface area contributed by atoms with Crippen molar-refractivity contribution in [1.82, 2.24) is 15.0 Å². The molecule has 7 nitrogen and oxygen atoms in total. The second-order valence-corrected chi connectivity index (χ2v) is 3.70. The van der Waals surface area contributed by atoms with Crippen LogP contribution >= 0.6 is 0 Å². The van der Waals surface area contributed by atoms with Crippen LogP contribution in [0.1, 0.15) is 20.3 Å². The van der Waals surface area contributed by atoms with Crippen molar-refractivity contribution in [3.63, 3.8) is 0 Å². The summed E-state index contributed by atoms with van der Waals surface area (Å²) < 4.78 is 4.87. The van der Waals surface area contributed by atoms with Crippen molar-refractivity contribution in [3.8, 4) is 6.01 Å². The first-order valence-corrected chi connectivity index (χ1v) is 4.97. The number of nitrogens with two attached hydrogens (primary N) is 1. The summed E-state index contributed by atoms with van der Waals surface area (Å²) in [5, 5.41) is 12.2. The Bertz CT molecular complexity index is 354. The molecule has 0 amide bonds. The smallest absolute Gasteiger partial charge is 0.322 e. The summed E-state index contributed by atoms with van der Waals surface area (Å²) in [6, 6.07) is 0.145. The molecule has 0 aliphatic carbocycles. The number of anilines is 2. The van der Waals surface area contributed by atoms with Gasteiger partial charge in [-0.1, -0.05) is 6.92 Å². The van der Waals surface area contributed by atoms with Gasteiger partial charge in [-0.3, -0.25) is 0 Å². The van der Waals surface area contributed by atoms with E-state index in [1.807, 2.05) is 13.8 Å². The van der Waals surface area contributed by atoms with Crippen LogP contribution in [0.15, 0.2) is 0 Å². The predicted molar refractivity (Wildman–Crippen MR) is 60.2 cm³/mol. The molecule has 1 aromatic heterocycles. The number of rotatable bonds is 5. The molecule has 0 fully saturated rings. The number of aromatic nitrogens is 3. The molecule has 1 aromatic rings. The highest BCUT2D eigenvalue weighted by Crippen LogP contribution is 2.16. The Morgan fingerprint density at radius 3 is 2.62 bits per heavy atom. The zero-order valence-electron chi connectivity index (χ0n) is 9.69. The van der Waals surface area contributed by atoms with E-state index in [0.717, 1.165) is 6.42 Å². The Hall–Kier alpha value is -1.63. The van der Waals surface area contributed by atoms with E-state index in [9.17, 15) is 5.11 Å². The minimum absolute atomic E-state index is 0.0304. The van der Waals surface area contributed by atoms with Crippen LogP contribution in [0.25, 0.3) is 0 Å². The lowest BCUT2D eigenvalue weighted by molar-refractivity contribution is 0.218. The van der Waals surface area contributed by atoms with Crippen molar-refractivity contribution in [2.45, 2.75) is 25.8 Å². The van der Waals surface area contributed by atoms with E-state index in [4.69, 9.17) is 10.5 Å². The van der Waals surface area contributed by atoms with Gasteiger partial charge in [0.1, 0.15) is 0 Å². The van der Waals surface area contributed by atoms with Crippen LogP contribution in [-0.4, -0.2) is 39.3 Å². The van der Waals surface area contributed by atoms with Crippen LogP contribution in [0, 0.1) is 0 Å². The van der Waals surface area contributed by atoms with E-state index >= 15 is 0 Å². The maximum atomic E-state index is 9.25. The first kappa shape index (κ1) is 12.4. The molecule has 0 saturated heterocycles. The lowest BCUT2D eigenvalue weighted by atomic mass is 10.0. The Labute approximate surface area is 94.1 Å². The Balaban J connectivity index is 2.92. The highest BCUT2D eigenvalue weighted by molar-refractivity contribution is 5.35. The van der Waals surface area contributed by atoms with Gasteiger partial charge in [0.2, 0.25) is 11.9 Å². The Morgan fingerprint density at radius 1 is 1.44 bits per heavy atom. The Kier molecular flexibility index (Phi) is 3.83. The van der Waals surface area contributed by atoms with E-state index in [1.54, 1.807) is 0 Å². The topological polar surface area (TPSA) is 106 Å². The highest BCUT2D eigenvalue weighted by atomic mass is 16.5. The zero-order chi connectivity index (χ0) is 12.2. The number of nitrogens with zero attached hydrogens (tertiary/aromatic N) is 3. The standard InChI is InChI=1S/C9H17N5O2/c1-4-9(2,5-15)14-7-11-6(10)12-8(13-7)16-3/h15H,4-5H2,1-3H3,(H3,10,11,12,13,14). The molecule has 1 atom stereocenters. The van der Waals surface area contributed by atoms with Gasteiger partial charge in [0.25, 0.3) is 0 Å². The lowest BCUT2D eigenvalue weighted by Crippen LogP contribution is -2.38. The molecule has 1 heterocycles. The molecule has 16 heavy (non-hydrogen) atoms. The average molecular weight is 227 g/mol. The quantitative estimate of drug-likeness (QED) is 0.651. The summed E-state index contributed by atoms with van der Waals surface area (Å²) in [5.41, 5.74) is 5.00. The molecule has 0 aliphatic heterocycles. The maximum Gasteiger partial charge on any atom is 0.322 e. The van der Waals surface area contributed by atoms with Crippen LogP contribution in [0.5, 0.6) is 6.01 Å². The SMILES string of the molecule is CCC(C)(CO)Nc1nc(N)nc(OC)n1. The fraction of sp³-hybridized carbons (Fsp3) is 0.667. The van der Waals surface area contributed by atoms with Gasteiger partial charge in [0.15, 0.2) is 0 Å². The molecule has 1 rings (SSSR count). The summed E-state index contributed by atoms with van der Waals surface area (Å²) in [6.07, 6.45) is 0.720. The minimum Gasteiger partial charge on any atom is -0.467 e. The van der Waals surface area contributed by atoms with Gasteiger partial charge in [-0.25, -0.2) is 0 Å². The number of ether oxygens (including phenoxy) is 1. The molecule has 0 radical (unpaired) electrons. The second-order valence-electron chi connectivity index (χ2n) is 3.70. The third kappa shape index (κ3) is 2.93. The average Bonchev–Trinajstić information content (AvgIpc) is 2.28. The predicted octanol–water partition coefficient (Wildman–Crippen LogP) is 0.0353. The number of hydrogen-bond donors (Lipinski definition) is 3. The second kappa shape index (κ2) is 4.93. The van der Waals surface area contributed by atoms with Crippen LogP contribution in [0.2, 0.25) is 0 Å². The van der Waals surface area contributed by atoms with Crippen molar-refractivity contribution in [1.29, 1.82) is 0 Å². The summed E-state index contributed by atoms with van der Waals surface area (Å²) in [6.45, 7) is 3.78. The molecule has 0 spiro atoms. The number of aliphatic hydroxyl groups is 1. The molecule has 0 aliphatic rings. The van der Waals surface area contributed by atoms with Crippen molar-refractivity contribution >= 4 is 11.9 Å². The number of methoxy groups -OCH3 is 1. The van der Waals surface area contributed by atoms with Crippen LogP contribution in [-0.2, 0) is 0 Å². The van der Waals surface area contributed by atoms with Gasteiger partial charge in [-0.2, -0.15) is 15.0 Å². The van der Waals surface area contributed by atoms with Crippen molar-refractivity contribution in [2.24, 2.45) is 0 Å². The minimum atomic E-state index is -0.487. The third-order valence-electron chi connectivity index (χ3n) is 2.36. The lowest BCUT2D eigenvalue weighted by Gasteiger charge is -2.27.